The van der Waals surface area contributed by atoms with Crippen molar-refractivity contribution in [1.29, 1.82) is 0 Å². The van der Waals surface area contributed by atoms with Gasteiger partial charge in [0.2, 0.25) is 11.8 Å². The van der Waals surface area contributed by atoms with E-state index in [1.54, 1.807) is 18.2 Å². The molecule has 0 spiro atoms. The number of nitrogens with one attached hydrogen (secondary N) is 2. The number of likely N-dealkylation sites (N-methyl/N-ethyl adjacent to an activating group) is 2. The first kappa shape index (κ1) is 22.7. The summed E-state index contributed by atoms with van der Waals surface area (Å²) in [5, 5.41) is 6.06. The average Bonchev–Trinajstić information content (AvgIpc) is 2.76. The van der Waals surface area contributed by atoms with Gasteiger partial charge >= 0.3 is 6.09 Å². The van der Waals surface area contributed by atoms with Crippen LogP contribution in [0.3, 0.4) is 0 Å². The van der Waals surface area contributed by atoms with Crippen LogP contribution in [0.15, 0.2) is 36.4 Å². The fraction of sp³-hybridized carbons (Fsp3) is 0.318. The summed E-state index contributed by atoms with van der Waals surface area (Å²) in [5.41, 5.74) is 0.728. The third-order valence-electron chi connectivity index (χ3n) is 4.25. The Hall–Kier alpha value is -3.60. The summed E-state index contributed by atoms with van der Waals surface area (Å²) >= 11 is 0. The molecule has 158 valence electrons. The second-order valence-corrected chi connectivity index (χ2v) is 6.36. The molecule has 0 heterocycles. The van der Waals surface area contributed by atoms with Crippen LogP contribution in [-0.4, -0.2) is 56.6 Å². The van der Waals surface area contributed by atoms with Gasteiger partial charge in [-0.2, -0.15) is 0 Å². The van der Waals surface area contributed by atoms with Crippen molar-refractivity contribution in [2.45, 2.75) is 12.8 Å². The van der Waals surface area contributed by atoms with Gasteiger partial charge in [0.05, 0.1) is 6.61 Å². The lowest BCUT2D eigenvalue weighted by Gasteiger charge is -2.20. The Morgan fingerprint density at radius 1 is 1.00 bits per heavy atom. The second-order valence-electron chi connectivity index (χ2n) is 6.36. The maximum absolute atomic E-state index is 13.8. The van der Waals surface area contributed by atoms with Gasteiger partial charge in [0, 0.05) is 36.9 Å². The second kappa shape index (κ2) is 11.4. The van der Waals surface area contributed by atoms with E-state index in [9.17, 15) is 18.8 Å². The summed E-state index contributed by atoms with van der Waals surface area (Å²) in [6, 6.07) is 10.2. The zero-order valence-electron chi connectivity index (χ0n) is 17.0. The number of carbonyl (C=O) groups is 3. The largest absolute Gasteiger partial charge is 0.449 e. The molecule has 0 atom stereocenters. The molecular weight excluding hydrogens is 389 g/mol. The van der Waals surface area contributed by atoms with Crippen molar-refractivity contribution in [2.75, 3.05) is 33.8 Å². The Balaban J connectivity index is 1.87. The predicted octanol–water partition coefficient (Wildman–Crippen LogP) is 2.04. The molecule has 2 aromatic carbocycles. The van der Waals surface area contributed by atoms with Crippen molar-refractivity contribution in [2.24, 2.45) is 0 Å². The quantitative estimate of drug-likeness (QED) is 0.537. The molecule has 0 aliphatic rings. The number of hydrogen-bond acceptors (Lipinski definition) is 4. The van der Waals surface area contributed by atoms with Gasteiger partial charge in [-0.3, -0.25) is 14.5 Å². The molecule has 0 saturated heterocycles. The molecule has 0 aromatic heterocycles. The summed E-state index contributed by atoms with van der Waals surface area (Å²) in [6.07, 6.45) is 0.190. The molecule has 0 saturated carbocycles. The van der Waals surface area contributed by atoms with Crippen LogP contribution in [0.1, 0.15) is 18.4 Å². The Kier molecular flexibility index (Phi) is 8.63. The van der Waals surface area contributed by atoms with E-state index < -0.39 is 17.9 Å². The number of amides is 3. The summed E-state index contributed by atoms with van der Waals surface area (Å²) in [6.45, 7) is -0.462. The third-order valence-corrected chi connectivity index (χ3v) is 4.25. The topological polar surface area (TPSA) is 87.7 Å². The molecule has 0 aliphatic heterocycles. The SMILES string of the molecule is CNC(=O)CN(CC(=O)NC)C(=O)OCCCC#Cc1ccc(F)c2ccccc12. The molecule has 8 heteroatoms. The van der Waals surface area contributed by atoms with E-state index >= 15 is 0 Å². The van der Waals surface area contributed by atoms with Crippen molar-refractivity contribution >= 4 is 28.7 Å². The number of nitrogens with zero attached hydrogens (tertiary/aromatic N) is 1. The van der Waals surface area contributed by atoms with Crippen molar-refractivity contribution in [3.63, 3.8) is 0 Å². The highest BCUT2D eigenvalue weighted by Gasteiger charge is 2.20. The van der Waals surface area contributed by atoms with Gasteiger partial charge in [-0.25, -0.2) is 9.18 Å². The van der Waals surface area contributed by atoms with E-state index in [-0.39, 0.29) is 25.5 Å². The van der Waals surface area contributed by atoms with Gasteiger partial charge in [0.1, 0.15) is 18.9 Å². The highest BCUT2D eigenvalue weighted by Crippen LogP contribution is 2.21. The Morgan fingerprint density at radius 3 is 2.27 bits per heavy atom. The number of ether oxygens (including phenoxy) is 1. The third kappa shape index (κ3) is 6.48. The molecule has 0 bridgehead atoms. The zero-order valence-corrected chi connectivity index (χ0v) is 17.0. The maximum Gasteiger partial charge on any atom is 0.410 e. The summed E-state index contributed by atoms with van der Waals surface area (Å²) in [7, 11) is 2.88. The fourth-order valence-electron chi connectivity index (χ4n) is 2.63. The summed E-state index contributed by atoms with van der Waals surface area (Å²) in [5.74, 6) is 4.90. The number of unbranched alkanes of at least 4 members (excludes halogenated alkanes) is 1. The van der Waals surface area contributed by atoms with E-state index in [1.807, 2.05) is 12.1 Å². The molecule has 0 aliphatic carbocycles. The molecule has 0 fully saturated rings. The van der Waals surface area contributed by atoms with Crippen molar-refractivity contribution in [3.05, 3.63) is 47.8 Å². The van der Waals surface area contributed by atoms with Gasteiger partial charge in [-0.15, -0.1) is 0 Å². The van der Waals surface area contributed by atoms with Crippen LogP contribution in [0.25, 0.3) is 10.8 Å². The Morgan fingerprint density at radius 2 is 1.63 bits per heavy atom. The summed E-state index contributed by atoms with van der Waals surface area (Å²) < 4.78 is 19.0. The van der Waals surface area contributed by atoms with Crippen LogP contribution in [0, 0.1) is 17.7 Å². The molecule has 0 radical (unpaired) electrons. The lowest BCUT2D eigenvalue weighted by Crippen LogP contribution is -2.45. The first-order valence-electron chi connectivity index (χ1n) is 9.45. The van der Waals surface area contributed by atoms with E-state index in [0.29, 0.717) is 18.2 Å². The van der Waals surface area contributed by atoms with Crippen LogP contribution in [0.2, 0.25) is 0 Å². The average molecular weight is 413 g/mol. The van der Waals surface area contributed by atoms with Crippen LogP contribution in [0.5, 0.6) is 0 Å². The summed E-state index contributed by atoms with van der Waals surface area (Å²) in [4.78, 5) is 36.2. The van der Waals surface area contributed by atoms with Gasteiger partial charge < -0.3 is 15.4 Å². The lowest BCUT2D eigenvalue weighted by atomic mass is 10.0. The van der Waals surface area contributed by atoms with E-state index in [1.165, 1.54) is 20.2 Å². The zero-order chi connectivity index (χ0) is 21.9. The standard InChI is InChI=1S/C22H24FN3O4/c1-24-20(27)14-26(15-21(28)25-2)22(29)30-13-7-3-4-8-16-11-12-19(23)18-10-6-5-9-17(16)18/h5-6,9-12H,3,7,13-15H2,1-2H3,(H,24,27)(H,25,28). The Labute approximate surface area is 174 Å². The van der Waals surface area contributed by atoms with Crippen LogP contribution >= 0.6 is 0 Å². The van der Waals surface area contributed by atoms with Crippen LogP contribution in [0.4, 0.5) is 9.18 Å². The van der Waals surface area contributed by atoms with E-state index in [4.69, 9.17) is 4.74 Å². The first-order chi connectivity index (χ1) is 14.5. The number of hydrogen-bond donors (Lipinski definition) is 2. The number of rotatable bonds is 7. The van der Waals surface area contributed by atoms with Gasteiger partial charge in [-0.05, 0) is 18.6 Å². The minimum Gasteiger partial charge on any atom is -0.449 e. The Bertz CT molecular complexity index is 963. The number of fused-ring (bicyclic) bond motifs is 1. The molecule has 0 unspecified atom stereocenters. The van der Waals surface area contributed by atoms with Crippen LogP contribution in [-0.2, 0) is 14.3 Å². The number of carbonyl (C=O) groups excluding carboxylic acids is 3. The first-order valence-corrected chi connectivity index (χ1v) is 9.45. The minimum absolute atomic E-state index is 0.0929. The molecule has 3 amide bonds. The minimum atomic E-state index is -0.750. The number of halogens is 1. The predicted molar refractivity (Wildman–Crippen MR) is 111 cm³/mol. The molecule has 2 aromatic rings. The number of benzene rings is 2. The van der Waals surface area contributed by atoms with Gasteiger partial charge in [-0.1, -0.05) is 36.1 Å². The van der Waals surface area contributed by atoms with Crippen molar-refractivity contribution in [3.8, 4) is 11.8 Å². The normalized spacial score (nSPS) is 9.97. The van der Waals surface area contributed by atoms with Gasteiger partial charge in [0.15, 0.2) is 0 Å². The van der Waals surface area contributed by atoms with E-state index in [0.717, 1.165) is 15.8 Å². The van der Waals surface area contributed by atoms with Crippen molar-refractivity contribution < 1.29 is 23.5 Å². The monoisotopic (exact) mass is 413 g/mol. The maximum atomic E-state index is 13.8. The van der Waals surface area contributed by atoms with Crippen LogP contribution < -0.4 is 10.6 Å². The smallest absolute Gasteiger partial charge is 0.410 e. The molecular formula is C22H24FN3O4. The van der Waals surface area contributed by atoms with Gasteiger partial charge in [0.25, 0.3) is 0 Å². The molecule has 7 nitrogen and oxygen atoms in total. The highest BCUT2D eigenvalue weighted by molar-refractivity contribution is 5.88. The molecule has 2 N–H and O–H groups in total. The fourth-order valence-corrected chi connectivity index (χ4v) is 2.63. The van der Waals surface area contributed by atoms with Crippen molar-refractivity contribution in [1.82, 2.24) is 15.5 Å². The lowest BCUT2D eigenvalue weighted by molar-refractivity contribution is -0.124. The molecule has 2 rings (SSSR count). The van der Waals surface area contributed by atoms with E-state index in [2.05, 4.69) is 22.5 Å². The highest BCUT2D eigenvalue weighted by atomic mass is 19.1. The molecule has 30 heavy (non-hydrogen) atoms.